The summed E-state index contributed by atoms with van der Waals surface area (Å²) < 4.78 is 37.8. The van der Waals surface area contributed by atoms with Gasteiger partial charge in [-0.3, -0.25) is 39.0 Å². The highest BCUT2D eigenvalue weighted by Gasteiger charge is 2.45. The lowest BCUT2D eigenvalue weighted by Crippen LogP contribution is -2.54. The van der Waals surface area contributed by atoms with Crippen molar-refractivity contribution in [3.8, 4) is 28.0 Å². The average molecular weight is 1140 g/mol. The zero-order chi connectivity index (χ0) is 54.4. The Kier molecular flexibility index (Phi) is 15.0. The summed E-state index contributed by atoms with van der Waals surface area (Å²) in [6, 6.07) is 22.1. The third-order valence-corrected chi connectivity index (χ3v) is 18.1. The number of fused-ring (bicyclic) bond motifs is 1. The lowest BCUT2D eigenvalue weighted by molar-refractivity contribution is -0.136. The molecule has 11 rings (SSSR count). The lowest BCUT2D eigenvalue weighted by Gasteiger charge is -2.44. The minimum Gasteiger partial charge on any atom is -0.494 e. The number of imide groups is 2. The fraction of sp³-hybridized carbons (Fsp3) is 0.386. The first-order valence-electron chi connectivity index (χ1n) is 26.6. The lowest BCUT2D eigenvalue weighted by atomic mass is 9.92. The number of likely N-dealkylation sites (tertiary alicyclic amines) is 1. The standard InChI is InChI=1S/C57H63BrFN12O6P/c1-66-34-38(31-61-66)40-28-46(63-57-60-32-43(58)53(65-57)62-45-11-10-37(26-51(45)78(3,4)76)36-8-6-5-7-9-36)50(77-2)30-48(40)69-20-16-39(17-21-69)68-18-14-35(15-19-68)33-67-22-24-70(25-23-67)49-29-42-41(27-44(49)59)55(74)71(56(42)75)47-12-13-52(72)64-54(47)73/h5-11,26-32,34-35,39,47H,12-25,33H2,1-4H3,(H,64,72,73)(H2,60,62,63,65)/t47-/m1/s1. The highest BCUT2D eigenvalue weighted by atomic mass is 79.9. The van der Waals surface area contributed by atoms with Crippen molar-refractivity contribution in [1.82, 2.24) is 39.8 Å². The maximum absolute atomic E-state index is 15.6. The Labute approximate surface area is 461 Å². The highest BCUT2D eigenvalue weighted by Crippen LogP contribution is 2.44. The van der Waals surface area contributed by atoms with Gasteiger partial charge in [0.1, 0.15) is 30.6 Å². The van der Waals surface area contributed by atoms with Crippen LogP contribution in [0.2, 0.25) is 0 Å². The normalized spacial score (nSPS) is 19.1. The number of halogens is 2. The van der Waals surface area contributed by atoms with Gasteiger partial charge < -0.3 is 34.6 Å². The Balaban J connectivity index is 0.702. The summed E-state index contributed by atoms with van der Waals surface area (Å²) in [5.74, 6) is -1.01. The largest absolute Gasteiger partial charge is 0.494 e. The predicted molar refractivity (Wildman–Crippen MR) is 304 cm³/mol. The number of hydrogen-bond donors (Lipinski definition) is 3. The number of nitrogens with one attached hydrogen (secondary N) is 3. The van der Waals surface area contributed by atoms with Crippen LogP contribution in [0.15, 0.2) is 95.9 Å². The fourth-order valence-electron chi connectivity index (χ4n) is 11.8. The molecular formula is C57H63BrFN12O6P. The number of rotatable bonds is 14. The van der Waals surface area contributed by atoms with E-state index in [-0.39, 0.29) is 29.7 Å². The van der Waals surface area contributed by atoms with Crippen LogP contribution in [0.25, 0.3) is 22.3 Å². The number of benzene rings is 4. The molecule has 0 saturated carbocycles. The van der Waals surface area contributed by atoms with Gasteiger partial charge in [0.2, 0.25) is 17.8 Å². The molecule has 3 N–H and O–H groups in total. The molecule has 2 aromatic heterocycles. The number of hydrogen-bond acceptors (Lipinski definition) is 15. The number of aryl methyl sites for hydroxylation is 1. The second kappa shape index (κ2) is 22.0. The zero-order valence-electron chi connectivity index (χ0n) is 44.2. The summed E-state index contributed by atoms with van der Waals surface area (Å²) in [6.45, 7) is 11.0. The fourth-order valence-corrected chi connectivity index (χ4v) is 13.2. The van der Waals surface area contributed by atoms with Gasteiger partial charge in [0, 0.05) is 106 Å². The number of carbonyl (C=O) groups is 4. The average Bonchev–Trinajstić information content (AvgIpc) is 4.16. The van der Waals surface area contributed by atoms with Crippen molar-refractivity contribution < 1.29 is 32.9 Å². The molecule has 6 aromatic rings. The van der Waals surface area contributed by atoms with Crippen molar-refractivity contribution in [3.63, 3.8) is 0 Å². The summed E-state index contributed by atoms with van der Waals surface area (Å²) in [4.78, 5) is 70.9. The van der Waals surface area contributed by atoms with E-state index in [1.807, 2.05) is 77.6 Å². The summed E-state index contributed by atoms with van der Waals surface area (Å²) in [6.07, 6.45) is 9.93. The third kappa shape index (κ3) is 10.9. The second-order valence-electron chi connectivity index (χ2n) is 21.3. The molecule has 1 atom stereocenters. The molecule has 0 bridgehead atoms. The number of aromatic nitrogens is 4. The first kappa shape index (κ1) is 53.0. The van der Waals surface area contributed by atoms with Gasteiger partial charge in [0.05, 0.1) is 46.0 Å². The van der Waals surface area contributed by atoms with Gasteiger partial charge in [0.15, 0.2) is 0 Å². The Hall–Kier alpha value is -6.99. The van der Waals surface area contributed by atoms with Crippen LogP contribution in [0.4, 0.5) is 38.9 Å². The molecule has 5 aliphatic rings. The highest BCUT2D eigenvalue weighted by molar-refractivity contribution is 9.10. The van der Waals surface area contributed by atoms with Crippen molar-refractivity contribution >= 4 is 86.5 Å². The third-order valence-electron chi connectivity index (χ3n) is 16.0. The van der Waals surface area contributed by atoms with Crippen molar-refractivity contribution in [1.29, 1.82) is 0 Å². The smallest absolute Gasteiger partial charge is 0.262 e. The molecule has 7 heterocycles. The summed E-state index contributed by atoms with van der Waals surface area (Å²) in [5.41, 5.74) is 6.78. The van der Waals surface area contributed by atoms with Gasteiger partial charge in [-0.2, -0.15) is 10.1 Å². The quantitative estimate of drug-likeness (QED) is 0.0700. The minimum absolute atomic E-state index is 0.0175. The number of methoxy groups -OCH3 is 1. The van der Waals surface area contributed by atoms with Crippen LogP contribution < -0.4 is 35.8 Å². The molecule has 4 amide bonds. The van der Waals surface area contributed by atoms with E-state index in [1.54, 1.807) is 26.6 Å². The van der Waals surface area contributed by atoms with Crippen molar-refractivity contribution in [3.05, 3.63) is 113 Å². The number of piperidine rings is 3. The molecule has 4 saturated heterocycles. The number of ether oxygens (including phenoxy) is 1. The number of carbonyl (C=O) groups excluding carboxylic acids is 4. The first-order valence-corrected chi connectivity index (χ1v) is 30.0. The van der Waals surface area contributed by atoms with Crippen LogP contribution in [-0.4, -0.2) is 150 Å². The van der Waals surface area contributed by atoms with Gasteiger partial charge in [0.25, 0.3) is 11.8 Å². The van der Waals surface area contributed by atoms with Crippen LogP contribution in [-0.2, 0) is 21.2 Å². The number of amides is 4. The number of anilines is 6. The molecule has 4 fully saturated rings. The van der Waals surface area contributed by atoms with E-state index in [9.17, 15) is 23.7 Å². The first-order chi connectivity index (χ1) is 37.6. The van der Waals surface area contributed by atoms with E-state index >= 15 is 4.39 Å². The maximum Gasteiger partial charge on any atom is 0.262 e. The summed E-state index contributed by atoms with van der Waals surface area (Å²) >= 11 is 3.64. The van der Waals surface area contributed by atoms with E-state index in [4.69, 9.17) is 9.72 Å². The number of piperazine rings is 1. The van der Waals surface area contributed by atoms with E-state index in [0.717, 1.165) is 116 Å². The topological polar surface area (TPSA) is 190 Å². The molecule has 0 aliphatic carbocycles. The molecule has 4 aromatic carbocycles. The Morgan fingerprint density at radius 1 is 0.756 bits per heavy atom. The van der Waals surface area contributed by atoms with Crippen LogP contribution in [0.3, 0.4) is 0 Å². The van der Waals surface area contributed by atoms with Crippen LogP contribution in [0.5, 0.6) is 5.75 Å². The Bertz CT molecular complexity index is 3350. The second-order valence-corrected chi connectivity index (χ2v) is 25.4. The van der Waals surface area contributed by atoms with E-state index in [0.29, 0.717) is 58.4 Å². The van der Waals surface area contributed by atoms with Gasteiger partial charge in [-0.1, -0.05) is 36.4 Å². The summed E-state index contributed by atoms with van der Waals surface area (Å²) in [7, 11) is 0.864. The molecule has 21 heteroatoms. The van der Waals surface area contributed by atoms with Gasteiger partial charge in [-0.25, -0.2) is 9.37 Å². The Morgan fingerprint density at radius 2 is 1.47 bits per heavy atom. The Morgan fingerprint density at radius 3 is 2.15 bits per heavy atom. The molecule has 0 unspecified atom stereocenters. The molecule has 5 aliphatic heterocycles. The van der Waals surface area contributed by atoms with E-state index in [1.165, 1.54) is 6.07 Å². The van der Waals surface area contributed by atoms with Crippen molar-refractivity contribution in [2.45, 2.75) is 50.6 Å². The number of nitrogens with zero attached hydrogens (tertiary/aromatic N) is 9. The van der Waals surface area contributed by atoms with E-state index in [2.05, 4.69) is 68.8 Å². The zero-order valence-corrected chi connectivity index (χ0v) is 46.7. The van der Waals surface area contributed by atoms with Gasteiger partial charge in [-0.05, 0) is 122 Å². The molecular weight excluding hydrogens is 1080 g/mol. The van der Waals surface area contributed by atoms with E-state index < -0.39 is 42.6 Å². The van der Waals surface area contributed by atoms with Crippen molar-refractivity contribution in [2.75, 3.05) is 99.8 Å². The maximum atomic E-state index is 15.6. The van der Waals surface area contributed by atoms with Crippen LogP contribution in [0.1, 0.15) is 59.2 Å². The predicted octanol–water partition coefficient (Wildman–Crippen LogP) is 8.09. The molecule has 18 nitrogen and oxygen atoms in total. The minimum atomic E-state index is -2.72. The molecule has 406 valence electrons. The van der Waals surface area contributed by atoms with Gasteiger partial charge in [-0.15, -0.1) is 0 Å². The van der Waals surface area contributed by atoms with Crippen molar-refractivity contribution in [2.24, 2.45) is 13.0 Å². The van der Waals surface area contributed by atoms with Crippen LogP contribution >= 0.6 is 23.1 Å². The SMILES string of the molecule is COc1cc(N2CCC(N3CCC(CN4CCN(c5cc6c(cc5F)C(=O)N([C@@H]5CCC(=O)NC5=O)C6=O)CC4)CC3)CC2)c(-c2cnn(C)c2)cc1Nc1ncc(Br)c(Nc2ccc(-c3ccccc3)cc2P(C)(C)=O)n1. The molecule has 0 radical (unpaired) electrons. The summed E-state index contributed by atoms with van der Waals surface area (Å²) in [5, 5.41) is 14.3. The van der Waals surface area contributed by atoms with Crippen LogP contribution in [0, 0.1) is 11.7 Å². The molecule has 0 spiro atoms. The monoisotopic (exact) mass is 1140 g/mol. The van der Waals surface area contributed by atoms with Gasteiger partial charge >= 0.3 is 0 Å². The molecule has 78 heavy (non-hydrogen) atoms.